The summed E-state index contributed by atoms with van der Waals surface area (Å²) in [4.78, 5) is 4.96. The average molecular weight is 337 g/mol. The number of likely N-dealkylation sites (N-methyl/N-ethyl adjacent to an activating group) is 1. The van der Waals surface area contributed by atoms with E-state index in [0.717, 1.165) is 31.2 Å². The second-order valence-corrected chi connectivity index (χ2v) is 6.14. The molecule has 22 heavy (non-hydrogen) atoms. The third-order valence-electron chi connectivity index (χ3n) is 4.20. The molecular weight excluding hydrogens is 315 g/mol. The number of hydrogen-bond donors (Lipinski definition) is 0. The van der Waals surface area contributed by atoms with E-state index in [1.54, 1.807) is 0 Å². The summed E-state index contributed by atoms with van der Waals surface area (Å²) in [5.41, 5.74) is 2.67. The SMILES string of the molecule is CN1CCN(C(c2ccccc2)c2ccc(Cl)cc2)CC1.[Cl-].[H+]. The summed E-state index contributed by atoms with van der Waals surface area (Å²) in [5.74, 6) is 0. The van der Waals surface area contributed by atoms with Gasteiger partial charge in [-0.3, -0.25) is 4.90 Å². The van der Waals surface area contributed by atoms with E-state index in [2.05, 4.69) is 59.3 Å². The molecule has 1 atom stereocenters. The first-order chi connectivity index (χ1) is 10.2. The van der Waals surface area contributed by atoms with Crippen LogP contribution in [-0.2, 0) is 0 Å². The molecule has 2 aromatic carbocycles. The number of halogens is 2. The van der Waals surface area contributed by atoms with Gasteiger partial charge in [-0.05, 0) is 30.3 Å². The van der Waals surface area contributed by atoms with Crippen molar-refractivity contribution in [2.24, 2.45) is 0 Å². The second kappa shape index (κ2) is 7.98. The molecule has 0 aromatic heterocycles. The van der Waals surface area contributed by atoms with E-state index < -0.39 is 0 Å². The van der Waals surface area contributed by atoms with E-state index in [1.165, 1.54) is 11.1 Å². The van der Waals surface area contributed by atoms with Gasteiger partial charge in [-0.1, -0.05) is 54.1 Å². The van der Waals surface area contributed by atoms with Crippen molar-refractivity contribution in [1.82, 2.24) is 9.80 Å². The van der Waals surface area contributed by atoms with Crippen LogP contribution < -0.4 is 12.4 Å². The molecule has 2 aromatic rings. The Morgan fingerprint density at radius 3 is 2.00 bits per heavy atom. The Kier molecular flexibility index (Phi) is 6.27. The number of hydrogen-bond acceptors (Lipinski definition) is 2. The Labute approximate surface area is 145 Å². The van der Waals surface area contributed by atoms with Crippen LogP contribution in [-0.4, -0.2) is 43.0 Å². The molecule has 0 radical (unpaired) electrons. The lowest BCUT2D eigenvalue weighted by Crippen LogP contribution is -3.00. The highest BCUT2D eigenvalue weighted by atomic mass is 35.5. The van der Waals surface area contributed by atoms with E-state index >= 15 is 0 Å². The Morgan fingerprint density at radius 2 is 1.41 bits per heavy atom. The molecule has 0 amide bonds. The Balaban J connectivity index is 0.00000132. The first-order valence-electron chi connectivity index (χ1n) is 7.47. The topological polar surface area (TPSA) is 6.48 Å². The first kappa shape index (κ1) is 17.3. The zero-order valence-electron chi connectivity index (χ0n) is 13.8. The van der Waals surface area contributed by atoms with Gasteiger partial charge in [-0.15, -0.1) is 0 Å². The summed E-state index contributed by atoms with van der Waals surface area (Å²) in [6, 6.07) is 19.4. The highest BCUT2D eigenvalue weighted by molar-refractivity contribution is 6.30. The fraction of sp³-hybridized carbons (Fsp3) is 0.333. The highest BCUT2D eigenvalue weighted by Crippen LogP contribution is 2.30. The van der Waals surface area contributed by atoms with Crippen LogP contribution in [0, 0.1) is 0 Å². The maximum absolute atomic E-state index is 6.05. The third-order valence-corrected chi connectivity index (χ3v) is 4.46. The van der Waals surface area contributed by atoms with Gasteiger partial charge >= 0.3 is 1.43 Å². The quantitative estimate of drug-likeness (QED) is 0.817. The standard InChI is InChI=1S/C18H21ClN2.ClH/c1-20-11-13-21(14-12-20)18(15-5-3-2-4-6-15)16-7-9-17(19)10-8-16;/h2-10,18H,11-14H2,1H3;1H. The summed E-state index contributed by atoms with van der Waals surface area (Å²) >= 11 is 6.05. The molecule has 4 heteroatoms. The van der Waals surface area contributed by atoms with Crippen molar-refractivity contribution in [3.8, 4) is 0 Å². The molecule has 1 aliphatic rings. The van der Waals surface area contributed by atoms with Gasteiger partial charge in [0.2, 0.25) is 0 Å². The second-order valence-electron chi connectivity index (χ2n) is 5.70. The lowest BCUT2D eigenvalue weighted by Gasteiger charge is -2.38. The molecule has 1 unspecified atom stereocenters. The minimum atomic E-state index is 0. The minimum absolute atomic E-state index is 0. The van der Waals surface area contributed by atoms with Gasteiger partial charge < -0.3 is 17.3 Å². The van der Waals surface area contributed by atoms with Crippen LogP contribution in [0.5, 0.6) is 0 Å². The molecule has 1 heterocycles. The molecule has 0 aliphatic carbocycles. The largest absolute Gasteiger partial charge is 1.00 e. The average Bonchev–Trinajstić information content (AvgIpc) is 2.52. The van der Waals surface area contributed by atoms with E-state index in [1.807, 2.05) is 12.1 Å². The van der Waals surface area contributed by atoms with Crippen LogP contribution in [0.15, 0.2) is 54.6 Å². The molecule has 0 N–H and O–H groups in total. The van der Waals surface area contributed by atoms with Gasteiger partial charge in [0.05, 0.1) is 6.04 Å². The summed E-state index contributed by atoms with van der Waals surface area (Å²) in [7, 11) is 2.19. The summed E-state index contributed by atoms with van der Waals surface area (Å²) < 4.78 is 0. The van der Waals surface area contributed by atoms with Gasteiger partial charge in [0, 0.05) is 31.2 Å². The van der Waals surface area contributed by atoms with E-state index in [-0.39, 0.29) is 13.8 Å². The van der Waals surface area contributed by atoms with Crippen LogP contribution in [0.2, 0.25) is 5.02 Å². The highest BCUT2D eigenvalue weighted by Gasteiger charge is 2.25. The van der Waals surface area contributed by atoms with Crippen molar-refractivity contribution in [2.45, 2.75) is 6.04 Å². The first-order valence-corrected chi connectivity index (χ1v) is 7.85. The Bertz CT molecular complexity index is 569. The van der Waals surface area contributed by atoms with Crippen LogP contribution >= 0.6 is 11.6 Å². The van der Waals surface area contributed by atoms with E-state index in [4.69, 9.17) is 11.6 Å². The normalized spacial score (nSPS) is 17.7. The fourth-order valence-corrected chi connectivity index (χ4v) is 3.10. The Hall–Kier alpha value is -1.06. The van der Waals surface area contributed by atoms with Crippen molar-refractivity contribution >= 4 is 11.6 Å². The zero-order valence-corrected chi connectivity index (χ0v) is 14.3. The summed E-state index contributed by atoms with van der Waals surface area (Å²) in [6.07, 6.45) is 0. The molecule has 118 valence electrons. The molecule has 1 saturated heterocycles. The monoisotopic (exact) mass is 336 g/mol. The van der Waals surface area contributed by atoms with Crippen molar-refractivity contribution < 1.29 is 13.8 Å². The van der Waals surface area contributed by atoms with Crippen molar-refractivity contribution in [2.75, 3.05) is 33.2 Å². The maximum Gasteiger partial charge on any atom is 1.00 e. The van der Waals surface area contributed by atoms with Crippen LogP contribution in [0.3, 0.4) is 0 Å². The smallest absolute Gasteiger partial charge is 1.00 e. The van der Waals surface area contributed by atoms with Gasteiger partial charge in [0.1, 0.15) is 0 Å². The van der Waals surface area contributed by atoms with Crippen molar-refractivity contribution in [3.05, 3.63) is 70.7 Å². The Morgan fingerprint density at radius 1 is 0.864 bits per heavy atom. The molecule has 0 saturated carbocycles. The van der Waals surface area contributed by atoms with Gasteiger partial charge in [-0.2, -0.15) is 0 Å². The molecule has 0 spiro atoms. The van der Waals surface area contributed by atoms with Crippen LogP contribution in [0.25, 0.3) is 0 Å². The van der Waals surface area contributed by atoms with Gasteiger partial charge in [-0.25, -0.2) is 0 Å². The summed E-state index contributed by atoms with van der Waals surface area (Å²) in [5, 5.41) is 0.795. The van der Waals surface area contributed by atoms with E-state index in [9.17, 15) is 0 Å². The van der Waals surface area contributed by atoms with Crippen LogP contribution in [0.4, 0.5) is 0 Å². The molecule has 1 fully saturated rings. The number of rotatable bonds is 3. The molecule has 2 nitrogen and oxygen atoms in total. The molecular formula is C18H22Cl2N2. The van der Waals surface area contributed by atoms with E-state index in [0.29, 0.717) is 6.04 Å². The number of benzene rings is 2. The number of piperazine rings is 1. The molecule has 1 aliphatic heterocycles. The predicted molar refractivity (Wildman–Crippen MR) is 89.9 cm³/mol. The maximum atomic E-state index is 6.05. The van der Waals surface area contributed by atoms with Gasteiger partial charge in [0.25, 0.3) is 0 Å². The minimum Gasteiger partial charge on any atom is -1.00 e. The summed E-state index contributed by atoms with van der Waals surface area (Å²) in [6.45, 7) is 4.44. The third kappa shape index (κ3) is 4.02. The van der Waals surface area contributed by atoms with Crippen molar-refractivity contribution in [1.29, 1.82) is 0 Å². The van der Waals surface area contributed by atoms with Crippen LogP contribution in [0.1, 0.15) is 18.6 Å². The van der Waals surface area contributed by atoms with Gasteiger partial charge in [0.15, 0.2) is 0 Å². The lowest BCUT2D eigenvalue weighted by molar-refractivity contribution is -0.00000416. The zero-order chi connectivity index (χ0) is 14.7. The lowest BCUT2D eigenvalue weighted by atomic mass is 9.96. The molecule has 0 bridgehead atoms. The number of nitrogens with zero attached hydrogens (tertiary/aromatic N) is 2. The molecule has 3 rings (SSSR count). The predicted octanol–water partition coefficient (Wildman–Crippen LogP) is 0.793. The fourth-order valence-electron chi connectivity index (χ4n) is 2.97. The van der Waals surface area contributed by atoms with Crippen molar-refractivity contribution in [3.63, 3.8) is 0 Å².